The molecule has 0 spiro atoms. The average Bonchev–Trinajstić information content (AvgIpc) is 2.90. The van der Waals surface area contributed by atoms with Crippen LogP contribution in [-0.2, 0) is 33.5 Å². The van der Waals surface area contributed by atoms with Gasteiger partial charge in [-0.25, -0.2) is 0 Å². The summed E-state index contributed by atoms with van der Waals surface area (Å²) < 4.78 is 44.3. The Labute approximate surface area is 246 Å². The molecule has 4 aliphatic rings. The zero-order valence-electron chi connectivity index (χ0n) is 24.2. The van der Waals surface area contributed by atoms with E-state index < -0.39 is 93.1 Å². The standard InChI is InChI=1S/C30H36F3N3O7/c1-35(2)23-17-10-13-9-16-20(24(38)19(13)26(40)29(17,43)27(41)21(25(23)39)28(34)42)18(37)11-14(22(16)30(31,32)33)12-36(3)15-7-5-4-6-8-15/h11,13,15,17,23,37-38,41,43H,4-10,12H2,1-3H3,(H2,34,42)/t13-,17-,23-,29-/m0/s1. The van der Waals surface area contributed by atoms with Gasteiger partial charge in [0.2, 0.25) is 5.78 Å². The van der Waals surface area contributed by atoms with Crippen LogP contribution in [0, 0.1) is 11.8 Å². The van der Waals surface area contributed by atoms with Gasteiger partial charge >= 0.3 is 6.18 Å². The monoisotopic (exact) mass is 607 g/mol. The van der Waals surface area contributed by atoms with Crippen LogP contribution in [0.25, 0.3) is 5.76 Å². The number of alkyl halides is 3. The molecule has 2 saturated carbocycles. The van der Waals surface area contributed by atoms with E-state index in [0.717, 1.165) is 38.2 Å². The van der Waals surface area contributed by atoms with E-state index in [1.807, 2.05) is 4.90 Å². The highest BCUT2D eigenvalue weighted by Gasteiger charge is 2.64. The smallest absolute Gasteiger partial charge is 0.417 e. The number of halogens is 3. The van der Waals surface area contributed by atoms with Crippen molar-refractivity contribution < 1.29 is 48.0 Å². The molecule has 1 aromatic carbocycles. The number of fused-ring (bicyclic) bond motifs is 3. The van der Waals surface area contributed by atoms with Crippen molar-refractivity contribution in [3.05, 3.63) is 45.2 Å². The quantitative estimate of drug-likeness (QED) is 0.317. The fourth-order valence-electron chi connectivity index (χ4n) is 7.78. The second-order valence-electron chi connectivity index (χ2n) is 12.4. The van der Waals surface area contributed by atoms with E-state index in [1.165, 1.54) is 19.0 Å². The van der Waals surface area contributed by atoms with E-state index in [9.17, 15) is 48.0 Å². The molecule has 2 fully saturated rings. The Morgan fingerprint density at radius 3 is 2.28 bits per heavy atom. The topological polar surface area (TPSA) is 165 Å². The number of rotatable bonds is 5. The van der Waals surface area contributed by atoms with Crippen LogP contribution in [0.5, 0.6) is 5.75 Å². The van der Waals surface area contributed by atoms with Crippen LogP contribution in [0.4, 0.5) is 13.2 Å². The number of hydrogen-bond donors (Lipinski definition) is 5. The number of amides is 1. The molecule has 0 aromatic heterocycles. The van der Waals surface area contributed by atoms with Gasteiger partial charge in [-0.3, -0.25) is 24.2 Å². The van der Waals surface area contributed by atoms with Gasteiger partial charge in [0.05, 0.1) is 17.2 Å². The number of hydrogen-bond acceptors (Lipinski definition) is 9. The van der Waals surface area contributed by atoms with Gasteiger partial charge < -0.3 is 26.2 Å². The number of Topliss-reactive ketones (excluding diaryl/α,β-unsaturated/α-hetero) is 2. The number of ketones is 2. The molecule has 0 bridgehead atoms. The van der Waals surface area contributed by atoms with E-state index >= 15 is 0 Å². The summed E-state index contributed by atoms with van der Waals surface area (Å²) >= 11 is 0. The summed E-state index contributed by atoms with van der Waals surface area (Å²) in [6.45, 7) is -0.102. The van der Waals surface area contributed by atoms with Gasteiger partial charge in [-0.1, -0.05) is 19.3 Å². The van der Waals surface area contributed by atoms with Gasteiger partial charge in [-0.2, -0.15) is 13.2 Å². The largest absolute Gasteiger partial charge is 0.508 e. The SMILES string of the molecule is CN(Cc1cc(O)c2c(c1C(F)(F)F)C[C@H]1C[C@H]3[C@H](N(C)C)C(=O)C(C(N)=O)=C(O)[C@@]3(O)C(=O)C1=C2O)C1CCCCC1. The van der Waals surface area contributed by atoms with Gasteiger partial charge in [0.25, 0.3) is 5.91 Å². The number of aliphatic hydroxyl groups excluding tert-OH is 2. The third-order valence-electron chi connectivity index (χ3n) is 9.71. The van der Waals surface area contributed by atoms with E-state index in [1.54, 1.807) is 7.05 Å². The highest BCUT2D eigenvalue weighted by molar-refractivity contribution is 6.24. The number of benzene rings is 1. The fourth-order valence-corrected chi connectivity index (χ4v) is 7.78. The number of nitrogens with two attached hydrogens (primary N) is 1. The molecule has 43 heavy (non-hydrogen) atoms. The fraction of sp³-hybridized carbons (Fsp3) is 0.567. The molecule has 0 radical (unpaired) electrons. The number of carbonyl (C=O) groups excluding carboxylic acids is 3. The van der Waals surface area contributed by atoms with E-state index in [0.29, 0.717) is 0 Å². The predicted octanol–water partition coefficient (Wildman–Crippen LogP) is 2.75. The number of likely N-dealkylation sites (N-methyl/N-ethyl adjacent to an activating group) is 1. The molecule has 234 valence electrons. The Kier molecular flexibility index (Phi) is 7.67. The maximum Gasteiger partial charge on any atom is 0.417 e. The van der Waals surface area contributed by atoms with Crippen molar-refractivity contribution in [1.82, 2.24) is 9.80 Å². The Morgan fingerprint density at radius 2 is 1.72 bits per heavy atom. The van der Waals surface area contributed by atoms with Crippen LogP contribution in [0.15, 0.2) is 23.0 Å². The van der Waals surface area contributed by atoms with Gasteiger partial charge in [0.15, 0.2) is 11.4 Å². The minimum Gasteiger partial charge on any atom is -0.508 e. The Morgan fingerprint density at radius 1 is 1.09 bits per heavy atom. The lowest BCUT2D eigenvalue weighted by molar-refractivity contribution is -0.153. The molecule has 0 heterocycles. The first-order valence-corrected chi connectivity index (χ1v) is 14.3. The minimum atomic E-state index is -4.87. The second-order valence-corrected chi connectivity index (χ2v) is 12.4. The molecule has 4 aliphatic carbocycles. The molecule has 0 unspecified atom stereocenters. The number of nitrogens with zero attached hydrogens (tertiary/aromatic N) is 2. The molecule has 0 saturated heterocycles. The van der Waals surface area contributed by atoms with Crippen molar-refractivity contribution in [2.75, 3.05) is 21.1 Å². The maximum atomic E-state index is 14.8. The van der Waals surface area contributed by atoms with Crippen molar-refractivity contribution in [1.29, 1.82) is 0 Å². The molecule has 13 heteroatoms. The molecular formula is C30H36F3N3O7. The number of phenolic OH excluding ortho intramolecular Hbond substituents is 1. The lowest BCUT2D eigenvalue weighted by Crippen LogP contribution is -2.65. The lowest BCUT2D eigenvalue weighted by Gasteiger charge is -2.50. The molecule has 1 aromatic rings. The van der Waals surface area contributed by atoms with Crippen molar-refractivity contribution >= 4 is 23.2 Å². The predicted molar refractivity (Wildman–Crippen MR) is 148 cm³/mol. The Balaban J connectivity index is 1.68. The second kappa shape index (κ2) is 10.6. The normalized spacial score (nSPS) is 28.3. The number of phenols is 1. The molecule has 10 nitrogen and oxygen atoms in total. The lowest BCUT2D eigenvalue weighted by atomic mass is 9.57. The summed E-state index contributed by atoms with van der Waals surface area (Å²) in [6.07, 6.45) is -0.885. The summed E-state index contributed by atoms with van der Waals surface area (Å²) in [7, 11) is 4.63. The Hall–Kier alpha value is -3.42. The third kappa shape index (κ3) is 4.72. The molecule has 4 atom stereocenters. The summed E-state index contributed by atoms with van der Waals surface area (Å²) in [4.78, 5) is 42.4. The van der Waals surface area contributed by atoms with Crippen molar-refractivity contribution in [3.8, 4) is 5.75 Å². The first-order valence-electron chi connectivity index (χ1n) is 14.3. The highest BCUT2D eigenvalue weighted by atomic mass is 19.4. The summed E-state index contributed by atoms with van der Waals surface area (Å²) in [5.41, 5.74) is -1.16. The van der Waals surface area contributed by atoms with E-state index in [4.69, 9.17) is 5.73 Å². The van der Waals surface area contributed by atoms with E-state index in [-0.39, 0.29) is 30.1 Å². The average molecular weight is 608 g/mol. The number of primary amides is 1. The van der Waals surface area contributed by atoms with Crippen LogP contribution in [0.1, 0.15) is 60.8 Å². The number of aromatic hydroxyl groups is 1. The number of aliphatic hydroxyl groups is 3. The first-order chi connectivity index (χ1) is 20.0. The highest BCUT2D eigenvalue weighted by Crippen LogP contribution is 2.54. The minimum absolute atomic E-state index is 0.0828. The number of carbonyl (C=O) groups is 3. The van der Waals surface area contributed by atoms with Crippen LogP contribution in [-0.4, -0.2) is 86.5 Å². The maximum absolute atomic E-state index is 14.8. The van der Waals surface area contributed by atoms with Gasteiger partial charge in [-0.15, -0.1) is 0 Å². The zero-order valence-corrected chi connectivity index (χ0v) is 24.2. The van der Waals surface area contributed by atoms with Crippen molar-refractivity contribution in [3.63, 3.8) is 0 Å². The van der Waals surface area contributed by atoms with Gasteiger partial charge in [-0.05, 0) is 69.9 Å². The molecular weight excluding hydrogens is 571 g/mol. The molecule has 1 amide bonds. The van der Waals surface area contributed by atoms with E-state index in [2.05, 4.69) is 0 Å². The summed E-state index contributed by atoms with van der Waals surface area (Å²) in [5, 5.41) is 44.9. The van der Waals surface area contributed by atoms with Gasteiger partial charge in [0.1, 0.15) is 22.8 Å². The van der Waals surface area contributed by atoms with Crippen molar-refractivity contribution in [2.24, 2.45) is 17.6 Å². The van der Waals surface area contributed by atoms with Crippen molar-refractivity contribution in [2.45, 2.75) is 75.4 Å². The third-order valence-corrected chi connectivity index (χ3v) is 9.71. The molecule has 6 N–H and O–H groups in total. The van der Waals surface area contributed by atoms with Crippen LogP contribution in [0.3, 0.4) is 0 Å². The first kappa shape index (κ1) is 31.0. The summed E-state index contributed by atoms with van der Waals surface area (Å²) in [6, 6.07) is -0.296. The van der Waals surface area contributed by atoms with Crippen LogP contribution < -0.4 is 5.73 Å². The molecule has 0 aliphatic heterocycles. The van der Waals surface area contributed by atoms with Crippen LogP contribution >= 0.6 is 0 Å². The molecule has 5 rings (SSSR count). The van der Waals surface area contributed by atoms with Crippen LogP contribution in [0.2, 0.25) is 0 Å². The van der Waals surface area contributed by atoms with Gasteiger partial charge in [0, 0.05) is 24.1 Å². The Bertz CT molecular complexity index is 1460. The zero-order chi connectivity index (χ0) is 31.8. The summed E-state index contributed by atoms with van der Waals surface area (Å²) in [5.74, 6) is -8.94.